The maximum atomic E-state index is 12.4. The first-order chi connectivity index (χ1) is 13.7. The molecule has 2 aromatic carbocycles. The van der Waals surface area contributed by atoms with Gasteiger partial charge < -0.3 is 10.6 Å². The Balaban J connectivity index is 1.40. The smallest absolute Gasteiger partial charge is 0.253 e. The number of para-hydroxylation sites is 2. The van der Waals surface area contributed by atoms with E-state index >= 15 is 0 Å². The van der Waals surface area contributed by atoms with E-state index in [0.717, 1.165) is 18.5 Å². The second kappa shape index (κ2) is 8.26. The van der Waals surface area contributed by atoms with Crippen LogP contribution in [0.3, 0.4) is 0 Å². The molecule has 1 saturated carbocycles. The summed E-state index contributed by atoms with van der Waals surface area (Å²) >= 11 is 1.29. The molecule has 0 unspecified atom stereocenters. The lowest BCUT2D eigenvalue weighted by Crippen LogP contribution is -2.27. The quantitative estimate of drug-likeness (QED) is 0.603. The minimum Gasteiger partial charge on any atom is -0.349 e. The van der Waals surface area contributed by atoms with Crippen molar-refractivity contribution in [2.45, 2.75) is 24.0 Å². The van der Waals surface area contributed by atoms with Crippen LogP contribution < -0.4 is 10.6 Å². The molecular formula is C20H19N5O2S. The first kappa shape index (κ1) is 18.2. The molecule has 0 saturated heterocycles. The normalized spacial score (nSPS) is 13.1. The standard InChI is InChI=1S/C20H19N5O2S/c26-18(12-28-20-24-21-13-25(20)15-6-2-1-3-7-15)23-17-9-5-4-8-16(17)19(27)22-14-10-11-14/h1-9,13-14H,10-12H2,(H,22,27)(H,23,26). The highest BCUT2D eigenvalue weighted by atomic mass is 32.2. The van der Waals surface area contributed by atoms with Crippen LogP contribution in [0.4, 0.5) is 5.69 Å². The van der Waals surface area contributed by atoms with Crippen molar-refractivity contribution in [1.29, 1.82) is 0 Å². The lowest BCUT2D eigenvalue weighted by Gasteiger charge is -2.11. The van der Waals surface area contributed by atoms with E-state index in [-0.39, 0.29) is 23.6 Å². The first-order valence-electron chi connectivity index (χ1n) is 8.99. The molecule has 2 amide bonds. The van der Waals surface area contributed by atoms with E-state index in [4.69, 9.17) is 0 Å². The van der Waals surface area contributed by atoms with Gasteiger partial charge >= 0.3 is 0 Å². The molecule has 7 nitrogen and oxygen atoms in total. The third-order valence-electron chi connectivity index (χ3n) is 4.24. The molecule has 1 fully saturated rings. The van der Waals surface area contributed by atoms with Crippen molar-refractivity contribution in [3.05, 3.63) is 66.5 Å². The van der Waals surface area contributed by atoms with Gasteiger partial charge in [0, 0.05) is 11.7 Å². The highest BCUT2D eigenvalue weighted by Crippen LogP contribution is 2.23. The van der Waals surface area contributed by atoms with Crippen LogP contribution in [-0.2, 0) is 4.79 Å². The van der Waals surface area contributed by atoms with E-state index in [1.807, 2.05) is 34.9 Å². The van der Waals surface area contributed by atoms with Gasteiger partial charge in [0.1, 0.15) is 6.33 Å². The topological polar surface area (TPSA) is 88.9 Å². The second-order valence-corrected chi connectivity index (χ2v) is 7.39. The summed E-state index contributed by atoms with van der Waals surface area (Å²) in [6.45, 7) is 0. The minimum absolute atomic E-state index is 0.157. The maximum Gasteiger partial charge on any atom is 0.253 e. The van der Waals surface area contributed by atoms with Gasteiger partial charge in [-0.3, -0.25) is 14.2 Å². The summed E-state index contributed by atoms with van der Waals surface area (Å²) in [5, 5.41) is 14.4. The molecule has 142 valence electrons. The number of carbonyl (C=O) groups excluding carboxylic acids is 2. The largest absolute Gasteiger partial charge is 0.349 e. The Kier molecular flexibility index (Phi) is 5.38. The Labute approximate surface area is 166 Å². The second-order valence-electron chi connectivity index (χ2n) is 6.45. The lowest BCUT2D eigenvalue weighted by molar-refractivity contribution is -0.113. The molecule has 2 N–H and O–H groups in total. The van der Waals surface area contributed by atoms with Gasteiger partial charge in [-0.1, -0.05) is 42.1 Å². The van der Waals surface area contributed by atoms with Gasteiger partial charge in [-0.05, 0) is 37.1 Å². The Morgan fingerprint density at radius 3 is 2.61 bits per heavy atom. The monoisotopic (exact) mass is 393 g/mol. The molecule has 4 rings (SSSR count). The zero-order chi connectivity index (χ0) is 19.3. The summed E-state index contributed by atoms with van der Waals surface area (Å²) in [5.74, 6) is -0.210. The summed E-state index contributed by atoms with van der Waals surface area (Å²) in [4.78, 5) is 24.8. The van der Waals surface area contributed by atoms with Gasteiger partial charge in [-0.2, -0.15) is 0 Å². The number of carbonyl (C=O) groups is 2. The summed E-state index contributed by atoms with van der Waals surface area (Å²) < 4.78 is 1.83. The number of amides is 2. The molecule has 1 aliphatic carbocycles. The summed E-state index contributed by atoms with van der Waals surface area (Å²) in [7, 11) is 0. The summed E-state index contributed by atoms with van der Waals surface area (Å²) in [5.41, 5.74) is 1.91. The fraction of sp³-hybridized carbons (Fsp3) is 0.200. The molecule has 3 aromatic rings. The molecule has 0 spiro atoms. The van der Waals surface area contributed by atoms with Crippen LogP contribution in [0.1, 0.15) is 23.2 Å². The Hall–Kier alpha value is -3.13. The molecule has 0 radical (unpaired) electrons. The van der Waals surface area contributed by atoms with Gasteiger partial charge in [0.15, 0.2) is 5.16 Å². The van der Waals surface area contributed by atoms with Gasteiger partial charge in [0.25, 0.3) is 5.91 Å². The van der Waals surface area contributed by atoms with E-state index in [1.54, 1.807) is 30.6 Å². The van der Waals surface area contributed by atoms with Gasteiger partial charge in [-0.15, -0.1) is 10.2 Å². The fourth-order valence-electron chi connectivity index (χ4n) is 2.69. The summed E-state index contributed by atoms with van der Waals surface area (Å²) in [6.07, 6.45) is 3.64. The van der Waals surface area contributed by atoms with Crippen molar-refractivity contribution in [2.75, 3.05) is 11.1 Å². The van der Waals surface area contributed by atoms with Gasteiger partial charge in [0.2, 0.25) is 5.91 Å². The van der Waals surface area contributed by atoms with Gasteiger partial charge in [-0.25, -0.2) is 0 Å². The van der Waals surface area contributed by atoms with Crippen molar-refractivity contribution < 1.29 is 9.59 Å². The fourth-order valence-corrected chi connectivity index (χ4v) is 3.41. The number of aromatic nitrogens is 3. The Morgan fingerprint density at radius 1 is 1.07 bits per heavy atom. The Bertz CT molecular complexity index is 985. The predicted octanol–water partition coefficient (Wildman–Crippen LogP) is 2.89. The average Bonchev–Trinajstić information content (AvgIpc) is 3.40. The van der Waals surface area contributed by atoms with Crippen LogP contribution in [0.25, 0.3) is 5.69 Å². The van der Waals surface area contributed by atoms with Crippen LogP contribution in [0.15, 0.2) is 66.1 Å². The third kappa shape index (κ3) is 4.40. The lowest BCUT2D eigenvalue weighted by atomic mass is 10.1. The molecule has 1 heterocycles. The van der Waals surface area contributed by atoms with E-state index < -0.39 is 0 Å². The van der Waals surface area contributed by atoms with E-state index in [0.29, 0.717) is 16.4 Å². The molecule has 0 aliphatic heterocycles. The van der Waals surface area contributed by atoms with Crippen molar-refractivity contribution in [1.82, 2.24) is 20.1 Å². The number of anilines is 1. The highest BCUT2D eigenvalue weighted by molar-refractivity contribution is 7.99. The predicted molar refractivity (Wildman–Crippen MR) is 108 cm³/mol. The molecule has 8 heteroatoms. The molecule has 1 aromatic heterocycles. The number of nitrogens with zero attached hydrogens (tertiary/aromatic N) is 3. The maximum absolute atomic E-state index is 12.4. The van der Waals surface area contributed by atoms with Crippen LogP contribution in [0, 0.1) is 0 Å². The van der Waals surface area contributed by atoms with Crippen LogP contribution in [0.5, 0.6) is 0 Å². The van der Waals surface area contributed by atoms with E-state index in [1.165, 1.54) is 11.8 Å². The number of hydrogen-bond donors (Lipinski definition) is 2. The van der Waals surface area contributed by atoms with Crippen molar-refractivity contribution >= 4 is 29.3 Å². The van der Waals surface area contributed by atoms with Crippen molar-refractivity contribution in [2.24, 2.45) is 0 Å². The SMILES string of the molecule is O=C(CSc1nncn1-c1ccccc1)Nc1ccccc1C(=O)NC1CC1. The van der Waals surface area contributed by atoms with E-state index in [2.05, 4.69) is 20.8 Å². The van der Waals surface area contributed by atoms with Crippen LogP contribution in [-0.4, -0.2) is 38.4 Å². The highest BCUT2D eigenvalue weighted by Gasteiger charge is 2.25. The molecule has 0 bridgehead atoms. The number of hydrogen-bond acceptors (Lipinski definition) is 5. The third-order valence-corrected chi connectivity index (χ3v) is 5.18. The number of rotatable bonds is 7. The van der Waals surface area contributed by atoms with Crippen molar-refractivity contribution in [3.63, 3.8) is 0 Å². The average molecular weight is 393 g/mol. The Morgan fingerprint density at radius 2 is 1.82 bits per heavy atom. The number of benzene rings is 2. The number of nitrogens with one attached hydrogen (secondary N) is 2. The molecule has 1 aliphatic rings. The zero-order valence-electron chi connectivity index (χ0n) is 15.0. The molecule has 0 atom stereocenters. The van der Waals surface area contributed by atoms with E-state index in [9.17, 15) is 9.59 Å². The minimum atomic E-state index is -0.209. The summed E-state index contributed by atoms with van der Waals surface area (Å²) in [6, 6.07) is 17.0. The van der Waals surface area contributed by atoms with Crippen LogP contribution >= 0.6 is 11.8 Å². The zero-order valence-corrected chi connectivity index (χ0v) is 15.9. The first-order valence-corrected chi connectivity index (χ1v) is 9.97. The van der Waals surface area contributed by atoms with Crippen molar-refractivity contribution in [3.8, 4) is 5.69 Å². The molecular weight excluding hydrogens is 374 g/mol. The van der Waals surface area contributed by atoms with Crippen LogP contribution in [0.2, 0.25) is 0 Å². The van der Waals surface area contributed by atoms with Gasteiger partial charge in [0.05, 0.1) is 17.0 Å². The molecule has 28 heavy (non-hydrogen) atoms. The number of thioether (sulfide) groups is 1.